The van der Waals surface area contributed by atoms with Crippen LogP contribution in [-0.2, 0) is 21.7 Å². The second kappa shape index (κ2) is 5.69. The van der Waals surface area contributed by atoms with Crippen molar-refractivity contribution in [3.05, 3.63) is 23.3 Å². The molecule has 1 aromatic rings. The largest absolute Gasteiger partial charge is 0.490 e. The van der Waals surface area contributed by atoms with Crippen LogP contribution >= 0.6 is 15.9 Å². The van der Waals surface area contributed by atoms with Crippen molar-refractivity contribution >= 4 is 15.9 Å². The smallest absolute Gasteiger partial charge is 0.205 e. The zero-order valence-electron chi connectivity index (χ0n) is 13.6. The second-order valence-electron chi connectivity index (χ2n) is 6.56. The number of rotatable bonds is 4. The monoisotopic (exact) mass is 370 g/mol. The summed E-state index contributed by atoms with van der Waals surface area (Å²) < 4.78 is 23.9. The SMILES string of the molecule is CCOc1cc(C2(CBr)OCC(C)O2)cc2c1OC(C)(C)C2. The van der Waals surface area contributed by atoms with Gasteiger partial charge < -0.3 is 18.9 Å². The van der Waals surface area contributed by atoms with E-state index in [-0.39, 0.29) is 11.7 Å². The molecule has 1 fully saturated rings. The molecule has 4 nitrogen and oxygen atoms in total. The fraction of sp³-hybridized carbons (Fsp3) is 0.647. The Morgan fingerprint density at radius 2 is 2.14 bits per heavy atom. The van der Waals surface area contributed by atoms with Gasteiger partial charge >= 0.3 is 0 Å². The third kappa shape index (κ3) is 2.74. The molecule has 0 aliphatic carbocycles. The quantitative estimate of drug-likeness (QED) is 0.755. The Kier molecular flexibility index (Phi) is 4.16. The molecule has 0 N–H and O–H groups in total. The van der Waals surface area contributed by atoms with Gasteiger partial charge in [0.15, 0.2) is 11.5 Å². The van der Waals surface area contributed by atoms with Gasteiger partial charge in [0.1, 0.15) is 5.60 Å². The number of halogens is 1. The Labute approximate surface area is 140 Å². The molecule has 1 aromatic carbocycles. The Balaban J connectivity index is 2.05. The van der Waals surface area contributed by atoms with Gasteiger partial charge in [0.05, 0.1) is 24.6 Å². The number of hydrogen-bond acceptors (Lipinski definition) is 4. The first-order valence-electron chi connectivity index (χ1n) is 7.76. The molecule has 2 aliphatic rings. The van der Waals surface area contributed by atoms with Crippen LogP contribution in [0.5, 0.6) is 11.5 Å². The molecule has 122 valence electrons. The van der Waals surface area contributed by atoms with Gasteiger partial charge in [0.25, 0.3) is 0 Å². The lowest BCUT2D eigenvalue weighted by Crippen LogP contribution is -2.30. The van der Waals surface area contributed by atoms with E-state index < -0.39 is 5.79 Å². The summed E-state index contributed by atoms with van der Waals surface area (Å²) in [6, 6.07) is 4.12. The number of alkyl halides is 1. The minimum absolute atomic E-state index is 0.0778. The summed E-state index contributed by atoms with van der Waals surface area (Å²) >= 11 is 3.54. The molecule has 5 heteroatoms. The number of hydrogen-bond donors (Lipinski definition) is 0. The number of fused-ring (bicyclic) bond motifs is 1. The van der Waals surface area contributed by atoms with Gasteiger partial charge in [0.2, 0.25) is 5.79 Å². The zero-order valence-corrected chi connectivity index (χ0v) is 15.2. The fourth-order valence-corrected chi connectivity index (χ4v) is 3.72. The van der Waals surface area contributed by atoms with Crippen molar-refractivity contribution in [2.45, 2.75) is 51.6 Å². The van der Waals surface area contributed by atoms with Crippen LogP contribution < -0.4 is 9.47 Å². The maximum Gasteiger partial charge on any atom is 0.205 e. The number of ether oxygens (including phenoxy) is 4. The maximum atomic E-state index is 6.06. The predicted octanol–water partition coefficient (Wildman–Crippen LogP) is 3.78. The first-order valence-corrected chi connectivity index (χ1v) is 8.88. The normalized spacial score (nSPS) is 29.2. The van der Waals surface area contributed by atoms with E-state index in [1.165, 1.54) is 0 Å². The fourth-order valence-electron chi connectivity index (χ4n) is 3.10. The molecular weight excluding hydrogens is 348 g/mol. The molecule has 0 aromatic heterocycles. The lowest BCUT2D eigenvalue weighted by molar-refractivity contribution is -0.154. The van der Waals surface area contributed by atoms with E-state index in [9.17, 15) is 0 Å². The molecule has 22 heavy (non-hydrogen) atoms. The van der Waals surface area contributed by atoms with Gasteiger partial charge in [-0.15, -0.1) is 0 Å². The van der Waals surface area contributed by atoms with Crippen LogP contribution in [0.4, 0.5) is 0 Å². The van der Waals surface area contributed by atoms with Crippen molar-refractivity contribution < 1.29 is 18.9 Å². The molecule has 1 saturated heterocycles. The molecule has 2 heterocycles. The predicted molar refractivity (Wildman–Crippen MR) is 88.0 cm³/mol. The maximum absolute atomic E-state index is 6.06. The molecule has 2 unspecified atom stereocenters. The summed E-state index contributed by atoms with van der Waals surface area (Å²) in [5.74, 6) is 0.881. The molecule has 0 spiro atoms. The average Bonchev–Trinajstić information content (AvgIpc) is 2.98. The van der Waals surface area contributed by atoms with Crippen LogP contribution in [0.1, 0.15) is 38.8 Å². The molecule has 3 rings (SSSR count). The van der Waals surface area contributed by atoms with Crippen LogP contribution in [0.3, 0.4) is 0 Å². The highest BCUT2D eigenvalue weighted by Crippen LogP contribution is 2.46. The first-order chi connectivity index (χ1) is 10.4. The van der Waals surface area contributed by atoms with E-state index in [2.05, 4.69) is 35.8 Å². The molecule has 0 amide bonds. The zero-order chi connectivity index (χ0) is 16.0. The third-order valence-electron chi connectivity index (χ3n) is 3.98. The highest BCUT2D eigenvalue weighted by Gasteiger charge is 2.43. The minimum Gasteiger partial charge on any atom is -0.490 e. The van der Waals surface area contributed by atoms with Gasteiger partial charge in [-0.25, -0.2) is 0 Å². The van der Waals surface area contributed by atoms with Crippen molar-refractivity contribution in [3.8, 4) is 11.5 Å². The molecule has 0 radical (unpaired) electrons. The van der Waals surface area contributed by atoms with Gasteiger partial charge in [0, 0.05) is 17.5 Å². The summed E-state index contributed by atoms with van der Waals surface area (Å²) in [5, 5.41) is 0.582. The van der Waals surface area contributed by atoms with Gasteiger partial charge in [-0.2, -0.15) is 0 Å². The van der Waals surface area contributed by atoms with E-state index in [1.807, 2.05) is 19.9 Å². The van der Waals surface area contributed by atoms with Crippen LogP contribution in [0, 0.1) is 0 Å². The van der Waals surface area contributed by atoms with Crippen LogP contribution in [0.2, 0.25) is 0 Å². The van der Waals surface area contributed by atoms with Crippen molar-refractivity contribution in [2.24, 2.45) is 0 Å². The Morgan fingerprint density at radius 1 is 1.36 bits per heavy atom. The topological polar surface area (TPSA) is 36.9 Å². The molecule has 2 aliphatic heterocycles. The highest BCUT2D eigenvalue weighted by molar-refractivity contribution is 9.09. The van der Waals surface area contributed by atoms with Crippen LogP contribution in [0.25, 0.3) is 0 Å². The van der Waals surface area contributed by atoms with Crippen molar-refractivity contribution in [1.82, 2.24) is 0 Å². The summed E-state index contributed by atoms with van der Waals surface area (Å²) in [5.41, 5.74) is 1.93. The third-order valence-corrected chi connectivity index (χ3v) is 4.72. The lowest BCUT2D eigenvalue weighted by atomic mass is 9.97. The summed E-state index contributed by atoms with van der Waals surface area (Å²) in [6.07, 6.45) is 0.929. The number of benzene rings is 1. The Hall–Kier alpha value is -0.780. The van der Waals surface area contributed by atoms with Gasteiger partial charge in [-0.3, -0.25) is 0 Å². The van der Waals surface area contributed by atoms with Gasteiger partial charge in [-0.1, -0.05) is 15.9 Å². The van der Waals surface area contributed by atoms with E-state index in [0.717, 1.165) is 29.0 Å². The molecule has 0 bridgehead atoms. The van der Waals surface area contributed by atoms with Crippen LogP contribution in [0.15, 0.2) is 12.1 Å². The van der Waals surface area contributed by atoms with Crippen LogP contribution in [-0.4, -0.2) is 30.2 Å². The summed E-state index contributed by atoms with van der Waals surface area (Å²) in [6.45, 7) is 9.37. The van der Waals surface area contributed by atoms with Crippen molar-refractivity contribution in [3.63, 3.8) is 0 Å². The summed E-state index contributed by atoms with van der Waals surface area (Å²) in [4.78, 5) is 0. The molecule has 2 atom stereocenters. The van der Waals surface area contributed by atoms with E-state index in [4.69, 9.17) is 18.9 Å². The van der Waals surface area contributed by atoms with E-state index in [0.29, 0.717) is 18.5 Å². The lowest BCUT2D eigenvalue weighted by Gasteiger charge is -2.27. The standard InChI is InChI=1S/C17H23BrO4/c1-5-19-14-7-13(17(10-18)20-9-11(2)21-17)6-12-8-16(3,4)22-15(12)14/h6-7,11H,5,8-10H2,1-4H3. The van der Waals surface area contributed by atoms with E-state index in [1.54, 1.807) is 0 Å². The second-order valence-corrected chi connectivity index (χ2v) is 7.12. The average molecular weight is 371 g/mol. The molecular formula is C17H23BrO4. The Morgan fingerprint density at radius 3 is 2.73 bits per heavy atom. The summed E-state index contributed by atoms with van der Waals surface area (Å²) in [7, 11) is 0. The minimum atomic E-state index is -0.743. The van der Waals surface area contributed by atoms with Crippen molar-refractivity contribution in [2.75, 3.05) is 18.5 Å². The Bertz CT molecular complexity index is 572. The highest BCUT2D eigenvalue weighted by atomic mass is 79.9. The first kappa shape index (κ1) is 16.1. The van der Waals surface area contributed by atoms with Gasteiger partial charge in [-0.05, 0) is 39.8 Å². The van der Waals surface area contributed by atoms with Crippen molar-refractivity contribution in [1.29, 1.82) is 0 Å². The molecule has 0 saturated carbocycles. The van der Waals surface area contributed by atoms with E-state index >= 15 is 0 Å².